The van der Waals surface area contributed by atoms with E-state index in [0.717, 1.165) is 35.4 Å². The van der Waals surface area contributed by atoms with Gasteiger partial charge in [-0.3, -0.25) is 0 Å². The van der Waals surface area contributed by atoms with Crippen molar-refractivity contribution in [2.45, 2.75) is 12.5 Å². The number of ether oxygens (including phenoxy) is 3. The van der Waals surface area contributed by atoms with Gasteiger partial charge in [0.25, 0.3) is 0 Å². The van der Waals surface area contributed by atoms with Crippen LogP contribution in [0.2, 0.25) is 0 Å². The van der Waals surface area contributed by atoms with Gasteiger partial charge >= 0.3 is 5.63 Å². The summed E-state index contributed by atoms with van der Waals surface area (Å²) in [6, 6.07) is 14.2. The van der Waals surface area contributed by atoms with Crippen LogP contribution in [-0.2, 0) is 6.42 Å². The molecule has 0 saturated carbocycles. The lowest BCUT2D eigenvalue weighted by Gasteiger charge is -2.13. The largest absolute Gasteiger partial charge is 0.491 e. The highest BCUT2D eigenvalue weighted by Gasteiger charge is 2.13. The van der Waals surface area contributed by atoms with Gasteiger partial charge in [0.1, 0.15) is 24.0 Å². The predicted molar refractivity (Wildman–Crippen MR) is 103 cm³/mol. The summed E-state index contributed by atoms with van der Waals surface area (Å²) >= 11 is 0. The summed E-state index contributed by atoms with van der Waals surface area (Å²) < 4.78 is 21.4. The zero-order valence-corrected chi connectivity index (χ0v) is 15.2. The molecule has 0 aliphatic carbocycles. The number of hydrogen-bond donors (Lipinski definition) is 2. The topological polar surface area (TPSA) is 90.2 Å². The van der Waals surface area contributed by atoms with Crippen molar-refractivity contribution in [2.75, 3.05) is 26.5 Å². The quantitative estimate of drug-likeness (QED) is 0.455. The second-order valence-electron chi connectivity index (χ2n) is 6.56. The minimum absolute atomic E-state index is 0.138. The van der Waals surface area contributed by atoms with Gasteiger partial charge in [-0.05, 0) is 48.9 Å². The fraction of sp³-hybridized carbons (Fsp3) is 0.286. The van der Waals surface area contributed by atoms with Crippen LogP contribution in [0.15, 0.2) is 57.7 Å². The Morgan fingerprint density at radius 1 is 1.07 bits per heavy atom. The molecule has 3 aromatic rings. The normalized spacial score (nSPS) is 13.6. The Balaban J connectivity index is 1.20. The molecule has 1 aromatic heterocycles. The maximum Gasteiger partial charge on any atom is 0.336 e. The summed E-state index contributed by atoms with van der Waals surface area (Å²) in [6.45, 7) is 1.54. The monoisotopic (exact) mass is 383 g/mol. The third kappa shape index (κ3) is 4.44. The molecule has 0 spiro atoms. The van der Waals surface area contributed by atoms with Crippen LogP contribution in [-0.4, -0.2) is 37.7 Å². The van der Waals surface area contributed by atoms with Crippen molar-refractivity contribution in [3.8, 4) is 17.2 Å². The van der Waals surface area contributed by atoms with Crippen molar-refractivity contribution in [2.24, 2.45) is 0 Å². The number of rotatable bonds is 8. The molecule has 0 bridgehead atoms. The number of benzene rings is 2. The molecule has 0 amide bonds. The number of aliphatic hydroxyl groups excluding tert-OH is 1. The van der Waals surface area contributed by atoms with Crippen LogP contribution in [0.25, 0.3) is 11.0 Å². The first-order chi connectivity index (χ1) is 13.7. The molecule has 4 rings (SSSR count). The van der Waals surface area contributed by atoms with E-state index >= 15 is 0 Å². The molecule has 7 nitrogen and oxygen atoms in total. The van der Waals surface area contributed by atoms with Gasteiger partial charge in [-0.15, -0.1) is 0 Å². The highest BCUT2D eigenvalue weighted by molar-refractivity contribution is 5.77. The van der Waals surface area contributed by atoms with Crippen molar-refractivity contribution >= 4 is 11.0 Å². The molecule has 0 unspecified atom stereocenters. The van der Waals surface area contributed by atoms with Gasteiger partial charge in [-0.25, -0.2) is 4.79 Å². The first-order valence-electron chi connectivity index (χ1n) is 9.11. The molecule has 1 atom stereocenters. The Morgan fingerprint density at radius 3 is 2.86 bits per heavy atom. The molecule has 0 fully saturated rings. The van der Waals surface area contributed by atoms with Gasteiger partial charge < -0.3 is 29.1 Å². The predicted octanol–water partition coefficient (Wildman–Crippen LogP) is 2.09. The molecule has 1 aliphatic rings. The average Bonchev–Trinajstić information content (AvgIpc) is 3.17. The molecule has 1 aliphatic heterocycles. The van der Waals surface area contributed by atoms with Crippen molar-refractivity contribution in [3.63, 3.8) is 0 Å². The summed E-state index contributed by atoms with van der Waals surface area (Å²) in [5.74, 6) is 2.09. The van der Waals surface area contributed by atoms with E-state index in [0.29, 0.717) is 17.9 Å². The van der Waals surface area contributed by atoms with Crippen LogP contribution >= 0.6 is 0 Å². The van der Waals surface area contributed by atoms with Gasteiger partial charge in [0, 0.05) is 24.1 Å². The number of hydrogen-bond acceptors (Lipinski definition) is 7. The third-order valence-electron chi connectivity index (χ3n) is 4.44. The summed E-state index contributed by atoms with van der Waals surface area (Å²) in [5, 5.41) is 14.1. The first kappa shape index (κ1) is 18.3. The molecule has 28 heavy (non-hydrogen) atoms. The molecule has 2 N–H and O–H groups in total. The van der Waals surface area contributed by atoms with E-state index < -0.39 is 11.7 Å². The molecule has 146 valence electrons. The van der Waals surface area contributed by atoms with E-state index in [-0.39, 0.29) is 13.4 Å². The molecule has 0 saturated heterocycles. The third-order valence-corrected chi connectivity index (χ3v) is 4.44. The lowest BCUT2D eigenvalue weighted by molar-refractivity contribution is 0.106. The summed E-state index contributed by atoms with van der Waals surface area (Å²) in [6.07, 6.45) is 0.156. The smallest absolute Gasteiger partial charge is 0.336 e. The van der Waals surface area contributed by atoms with Crippen molar-refractivity contribution in [1.82, 2.24) is 5.32 Å². The standard InChI is InChI=1S/C21H21NO6/c23-16(11-22-8-7-14-1-5-18-20(9-14)27-13-26-18)12-25-17-4-2-15-3-6-21(24)28-19(15)10-17/h1-6,9-10,16,22-23H,7-8,11-13H2/t16-/m0/s1. The van der Waals surface area contributed by atoms with E-state index in [2.05, 4.69) is 5.32 Å². The number of fused-ring (bicyclic) bond motifs is 2. The molecular weight excluding hydrogens is 362 g/mol. The highest BCUT2D eigenvalue weighted by Crippen LogP contribution is 2.32. The van der Waals surface area contributed by atoms with E-state index in [4.69, 9.17) is 18.6 Å². The maximum absolute atomic E-state index is 11.3. The summed E-state index contributed by atoms with van der Waals surface area (Å²) in [7, 11) is 0. The van der Waals surface area contributed by atoms with Gasteiger partial charge in [0.05, 0.1) is 0 Å². The van der Waals surface area contributed by atoms with Crippen LogP contribution in [0, 0.1) is 0 Å². The minimum atomic E-state index is -0.657. The lowest BCUT2D eigenvalue weighted by atomic mass is 10.1. The lowest BCUT2D eigenvalue weighted by Crippen LogP contribution is -2.32. The van der Waals surface area contributed by atoms with Crippen molar-refractivity contribution < 1.29 is 23.7 Å². The zero-order chi connectivity index (χ0) is 19.3. The summed E-state index contributed by atoms with van der Waals surface area (Å²) in [4.78, 5) is 11.3. The fourth-order valence-electron chi connectivity index (χ4n) is 2.98. The second kappa shape index (κ2) is 8.33. The Kier molecular flexibility index (Phi) is 5.45. The fourth-order valence-corrected chi connectivity index (χ4v) is 2.98. The van der Waals surface area contributed by atoms with Gasteiger partial charge in [-0.1, -0.05) is 6.07 Å². The first-order valence-corrected chi connectivity index (χ1v) is 9.11. The van der Waals surface area contributed by atoms with Crippen LogP contribution in [0.4, 0.5) is 0 Å². The number of nitrogens with one attached hydrogen (secondary N) is 1. The van der Waals surface area contributed by atoms with Crippen LogP contribution in [0.5, 0.6) is 17.2 Å². The Morgan fingerprint density at radius 2 is 1.93 bits per heavy atom. The molecule has 0 radical (unpaired) electrons. The zero-order valence-electron chi connectivity index (χ0n) is 15.2. The van der Waals surface area contributed by atoms with Crippen molar-refractivity contribution in [3.05, 3.63) is 64.5 Å². The van der Waals surface area contributed by atoms with E-state index in [9.17, 15) is 9.90 Å². The van der Waals surface area contributed by atoms with Crippen LogP contribution in [0.3, 0.4) is 0 Å². The maximum atomic E-state index is 11.3. The van der Waals surface area contributed by atoms with E-state index in [1.165, 1.54) is 6.07 Å². The van der Waals surface area contributed by atoms with Gasteiger partial charge in [0.2, 0.25) is 6.79 Å². The van der Waals surface area contributed by atoms with Crippen molar-refractivity contribution in [1.29, 1.82) is 0 Å². The number of aliphatic hydroxyl groups is 1. The molecule has 2 aromatic carbocycles. The van der Waals surface area contributed by atoms with Crippen LogP contribution in [0.1, 0.15) is 5.56 Å². The molecule has 7 heteroatoms. The summed E-state index contributed by atoms with van der Waals surface area (Å²) in [5.41, 5.74) is 1.19. The SMILES string of the molecule is O=c1ccc2ccc(OC[C@@H](O)CNCCc3ccc4c(c3)OCO4)cc2o1. The Hall–Kier alpha value is -3.03. The van der Waals surface area contributed by atoms with E-state index in [1.807, 2.05) is 24.3 Å². The van der Waals surface area contributed by atoms with Gasteiger partial charge in [-0.2, -0.15) is 0 Å². The van der Waals surface area contributed by atoms with Gasteiger partial charge in [0.15, 0.2) is 11.5 Å². The minimum Gasteiger partial charge on any atom is -0.491 e. The Labute approximate surface area is 161 Å². The molecular formula is C21H21NO6. The average molecular weight is 383 g/mol. The van der Waals surface area contributed by atoms with Crippen LogP contribution < -0.4 is 25.2 Å². The molecule has 2 heterocycles. The van der Waals surface area contributed by atoms with E-state index in [1.54, 1.807) is 18.2 Å². The highest BCUT2D eigenvalue weighted by atomic mass is 16.7. The second-order valence-corrected chi connectivity index (χ2v) is 6.56. The Bertz CT molecular complexity index is 1020.